The summed E-state index contributed by atoms with van der Waals surface area (Å²) < 4.78 is 12.3. The van der Waals surface area contributed by atoms with Gasteiger partial charge in [0.1, 0.15) is 11.5 Å². The molecule has 0 aliphatic carbocycles. The highest BCUT2D eigenvalue weighted by Gasteiger charge is 2.14. The smallest absolute Gasteiger partial charge is 0.343 e. The van der Waals surface area contributed by atoms with Crippen molar-refractivity contribution < 1.29 is 14.3 Å². The second-order valence-electron chi connectivity index (χ2n) is 5.24. The molecule has 0 radical (unpaired) electrons. The van der Waals surface area contributed by atoms with Crippen molar-refractivity contribution in [1.29, 1.82) is 0 Å². The number of halogens is 2. The first-order chi connectivity index (χ1) is 11.0. The van der Waals surface area contributed by atoms with Gasteiger partial charge in [0.15, 0.2) is 0 Å². The zero-order chi connectivity index (χ0) is 17.0. The van der Waals surface area contributed by atoms with E-state index in [-0.39, 0.29) is 5.97 Å². The number of hydrogen-bond acceptors (Lipinski definition) is 3. The van der Waals surface area contributed by atoms with Gasteiger partial charge in [-0.05, 0) is 86.8 Å². The topological polar surface area (TPSA) is 35.5 Å². The van der Waals surface area contributed by atoms with Crippen LogP contribution >= 0.6 is 38.5 Å². The van der Waals surface area contributed by atoms with Crippen molar-refractivity contribution >= 4 is 44.5 Å². The highest BCUT2D eigenvalue weighted by atomic mass is 127. The van der Waals surface area contributed by atoms with Crippen molar-refractivity contribution in [3.63, 3.8) is 0 Å². The van der Waals surface area contributed by atoms with Gasteiger partial charge < -0.3 is 9.47 Å². The van der Waals surface area contributed by atoms with E-state index in [1.807, 2.05) is 18.2 Å². The summed E-state index contributed by atoms with van der Waals surface area (Å²) in [5, 5.41) is 0. The van der Waals surface area contributed by atoms with Crippen LogP contribution in [-0.4, -0.2) is 13.1 Å². The molecule has 1 atom stereocenters. The maximum absolute atomic E-state index is 12.3. The number of esters is 1. The highest BCUT2D eigenvalue weighted by molar-refractivity contribution is 14.1. The number of carbonyl (C=O) groups excluding carboxylic acids is 1. The molecule has 0 N–H and O–H groups in total. The Morgan fingerprint density at radius 2 is 1.91 bits per heavy atom. The van der Waals surface area contributed by atoms with Crippen molar-refractivity contribution in [3.8, 4) is 11.5 Å². The molecule has 3 nitrogen and oxygen atoms in total. The molecule has 0 saturated carbocycles. The quantitative estimate of drug-likeness (QED) is 0.303. The van der Waals surface area contributed by atoms with Crippen molar-refractivity contribution in [1.82, 2.24) is 0 Å². The average Bonchev–Trinajstić information content (AvgIpc) is 2.55. The van der Waals surface area contributed by atoms with Crippen LogP contribution in [0.4, 0.5) is 0 Å². The molecule has 0 spiro atoms. The molecule has 0 aliphatic heterocycles. The summed E-state index contributed by atoms with van der Waals surface area (Å²) in [5.74, 6) is 1.34. The number of carbonyl (C=O) groups is 1. The van der Waals surface area contributed by atoms with Gasteiger partial charge in [-0.2, -0.15) is 0 Å². The Balaban J connectivity index is 2.18. The number of benzene rings is 2. The molecule has 1 unspecified atom stereocenters. The maximum atomic E-state index is 12.3. The molecule has 0 aliphatic rings. The lowest BCUT2D eigenvalue weighted by Crippen LogP contribution is -2.09. The van der Waals surface area contributed by atoms with Crippen LogP contribution in [0, 0.1) is 3.57 Å². The lowest BCUT2D eigenvalue weighted by Gasteiger charge is -2.12. The summed E-state index contributed by atoms with van der Waals surface area (Å²) in [6, 6.07) is 11.1. The summed E-state index contributed by atoms with van der Waals surface area (Å²) >= 11 is 5.61. The van der Waals surface area contributed by atoms with E-state index in [1.165, 1.54) is 5.56 Å². The van der Waals surface area contributed by atoms with Crippen LogP contribution in [0.25, 0.3) is 0 Å². The third kappa shape index (κ3) is 4.47. The Morgan fingerprint density at radius 1 is 1.22 bits per heavy atom. The predicted molar refractivity (Wildman–Crippen MR) is 104 cm³/mol. The van der Waals surface area contributed by atoms with Gasteiger partial charge in [-0.1, -0.05) is 19.9 Å². The number of rotatable bonds is 5. The van der Waals surface area contributed by atoms with E-state index in [1.54, 1.807) is 25.3 Å². The van der Waals surface area contributed by atoms with E-state index < -0.39 is 0 Å². The Hall–Kier alpha value is -1.08. The largest absolute Gasteiger partial charge is 0.496 e. The number of methoxy groups -OCH3 is 1. The summed E-state index contributed by atoms with van der Waals surface area (Å²) in [7, 11) is 1.60. The SMILES string of the molecule is CCC(C)c1ccc(OC(=O)c2ccc(OC)c(I)c2)c(Br)c1. The zero-order valence-corrected chi connectivity index (χ0v) is 17.0. The number of hydrogen-bond donors (Lipinski definition) is 0. The molecular weight excluding hydrogens is 471 g/mol. The first-order valence-electron chi connectivity index (χ1n) is 7.31. The monoisotopic (exact) mass is 488 g/mol. The Morgan fingerprint density at radius 3 is 2.48 bits per heavy atom. The van der Waals surface area contributed by atoms with Gasteiger partial charge in [0, 0.05) is 0 Å². The van der Waals surface area contributed by atoms with Crippen LogP contribution < -0.4 is 9.47 Å². The zero-order valence-electron chi connectivity index (χ0n) is 13.2. The van der Waals surface area contributed by atoms with E-state index in [2.05, 4.69) is 52.4 Å². The molecule has 0 heterocycles. The normalized spacial score (nSPS) is 11.9. The van der Waals surface area contributed by atoms with Crippen molar-refractivity contribution in [2.45, 2.75) is 26.2 Å². The Labute approximate surface area is 158 Å². The fourth-order valence-electron chi connectivity index (χ4n) is 2.09. The van der Waals surface area contributed by atoms with Crippen molar-refractivity contribution in [2.24, 2.45) is 0 Å². The summed E-state index contributed by atoms with van der Waals surface area (Å²) in [6.45, 7) is 4.32. The van der Waals surface area contributed by atoms with Crippen LogP contribution in [0.3, 0.4) is 0 Å². The first kappa shape index (κ1) is 18.3. The van der Waals surface area contributed by atoms with Gasteiger partial charge in [-0.15, -0.1) is 0 Å². The fourth-order valence-corrected chi connectivity index (χ4v) is 3.31. The molecule has 23 heavy (non-hydrogen) atoms. The van der Waals surface area contributed by atoms with Gasteiger partial charge in [0.05, 0.1) is 20.7 Å². The molecule has 0 fully saturated rings. The van der Waals surface area contributed by atoms with Gasteiger partial charge in [0.25, 0.3) is 0 Å². The number of ether oxygens (including phenoxy) is 2. The van der Waals surface area contributed by atoms with E-state index in [0.29, 0.717) is 17.2 Å². The maximum Gasteiger partial charge on any atom is 0.343 e. The molecule has 0 amide bonds. The minimum atomic E-state index is -0.387. The van der Waals surface area contributed by atoms with E-state index in [0.717, 1.165) is 20.2 Å². The van der Waals surface area contributed by atoms with Gasteiger partial charge in [-0.3, -0.25) is 0 Å². The predicted octanol–water partition coefficient (Wildman–Crippen LogP) is 5.80. The minimum absolute atomic E-state index is 0.387. The van der Waals surface area contributed by atoms with E-state index in [9.17, 15) is 4.79 Å². The van der Waals surface area contributed by atoms with E-state index >= 15 is 0 Å². The van der Waals surface area contributed by atoms with Gasteiger partial charge in [-0.25, -0.2) is 4.79 Å². The minimum Gasteiger partial charge on any atom is -0.496 e. The van der Waals surface area contributed by atoms with Crippen molar-refractivity contribution in [3.05, 3.63) is 55.6 Å². The van der Waals surface area contributed by atoms with Gasteiger partial charge in [0.2, 0.25) is 0 Å². The molecule has 0 bridgehead atoms. The van der Waals surface area contributed by atoms with Crippen LogP contribution in [0.15, 0.2) is 40.9 Å². The van der Waals surface area contributed by atoms with Crippen LogP contribution in [0.2, 0.25) is 0 Å². The second-order valence-corrected chi connectivity index (χ2v) is 7.25. The third-order valence-electron chi connectivity index (χ3n) is 3.73. The molecular formula is C18H18BrIO3. The van der Waals surface area contributed by atoms with E-state index in [4.69, 9.17) is 9.47 Å². The average molecular weight is 489 g/mol. The van der Waals surface area contributed by atoms with Crippen LogP contribution in [-0.2, 0) is 0 Å². The molecule has 0 aromatic heterocycles. The lowest BCUT2D eigenvalue weighted by atomic mass is 9.99. The summed E-state index contributed by atoms with van der Waals surface area (Å²) in [5.41, 5.74) is 1.71. The third-order valence-corrected chi connectivity index (χ3v) is 5.19. The van der Waals surface area contributed by atoms with Crippen LogP contribution in [0.5, 0.6) is 11.5 Å². The fraction of sp³-hybridized carbons (Fsp3) is 0.278. The summed E-state index contributed by atoms with van der Waals surface area (Å²) in [6.07, 6.45) is 1.07. The standard InChI is InChI=1S/C18H18BrIO3/c1-4-11(2)12-5-7-16(14(19)9-12)23-18(21)13-6-8-17(22-3)15(20)10-13/h5-11H,4H2,1-3H3. The lowest BCUT2D eigenvalue weighted by molar-refractivity contribution is 0.0733. The van der Waals surface area contributed by atoms with Gasteiger partial charge >= 0.3 is 5.97 Å². The summed E-state index contributed by atoms with van der Waals surface area (Å²) in [4.78, 5) is 12.3. The first-order valence-corrected chi connectivity index (χ1v) is 9.18. The second kappa shape index (κ2) is 8.15. The Bertz CT molecular complexity index is 715. The molecule has 2 aromatic rings. The molecule has 122 valence electrons. The van der Waals surface area contributed by atoms with Crippen LogP contribution in [0.1, 0.15) is 42.1 Å². The Kier molecular flexibility index (Phi) is 6.47. The molecule has 5 heteroatoms. The molecule has 2 rings (SSSR count). The highest BCUT2D eigenvalue weighted by Crippen LogP contribution is 2.31. The molecule has 0 saturated heterocycles. The molecule has 2 aromatic carbocycles. The van der Waals surface area contributed by atoms with Crippen molar-refractivity contribution in [2.75, 3.05) is 7.11 Å².